The number of thiocarbonyl (C=S) groups is 1. The Hall–Kier alpha value is -2.77. The molecule has 1 aromatic heterocycles. The van der Waals surface area contributed by atoms with Crippen LogP contribution >= 0.6 is 12.2 Å². The van der Waals surface area contributed by atoms with E-state index in [-0.39, 0.29) is 17.5 Å². The van der Waals surface area contributed by atoms with Crippen molar-refractivity contribution in [3.63, 3.8) is 0 Å². The number of fused-ring (bicyclic) bond motifs is 1. The van der Waals surface area contributed by atoms with E-state index in [4.69, 9.17) is 17.0 Å². The predicted octanol–water partition coefficient (Wildman–Crippen LogP) is 4.34. The van der Waals surface area contributed by atoms with E-state index in [1.807, 2.05) is 30.9 Å². The van der Waals surface area contributed by atoms with Gasteiger partial charge in [0.1, 0.15) is 5.82 Å². The highest BCUT2D eigenvalue weighted by Gasteiger charge is 2.19. The maximum Gasteiger partial charge on any atom is 0.253 e. The number of nitrogens with zero attached hydrogens (tertiary/aromatic N) is 1. The third-order valence-corrected chi connectivity index (χ3v) is 6.47. The Bertz CT molecular complexity index is 1170. The molecule has 7 heteroatoms. The molecule has 2 heterocycles. The zero-order chi connectivity index (χ0) is 22.7. The summed E-state index contributed by atoms with van der Waals surface area (Å²) in [5, 5.41) is 4.83. The summed E-state index contributed by atoms with van der Waals surface area (Å²) in [5.41, 5.74) is 4.49. The first-order chi connectivity index (χ1) is 15.4. The van der Waals surface area contributed by atoms with Crippen LogP contribution in [0.4, 0.5) is 4.39 Å². The van der Waals surface area contributed by atoms with E-state index >= 15 is 0 Å². The molecule has 0 radical (unpaired) electrons. The van der Waals surface area contributed by atoms with Crippen LogP contribution in [0.25, 0.3) is 10.9 Å². The minimum Gasteiger partial charge on any atom is -0.376 e. The van der Waals surface area contributed by atoms with Crippen LogP contribution in [0.5, 0.6) is 0 Å². The zero-order valence-corrected chi connectivity index (χ0v) is 19.2. The lowest BCUT2D eigenvalue weighted by molar-refractivity contribution is 0.113. The van der Waals surface area contributed by atoms with Crippen molar-refractivity contribution in [3.8, 4) is 0 Å². The third-order valence-electron chi connectivity index (χ3n) is 6.07. The number of ether oxygens (including phenoxy) is 1. The van der Waals surface area contributed by atoms with Crippen molar-refractivity contribution in [2.45, 2.75) is 45.9 Å². The molecule has 1 aliphatic rings. The van der Waals surface area contributed by atoms with Crippen molar-refractivity contribution in [2.75, 3.05) is 13.2 Å². The van der Waals surface area contributed by atoms with Crippen LogP contribution in [-0.2, 0) is 17.8 Å². The summed E-state index contributed by atoms with van der Waals surface area (Å²) in [5.74, 6) is -0.281. The second kappa shape index (κ2) is 9.79. The van der Waals surface area contributed by atoms with Crippen molar-refractivity contribution in [3.05, 3.63) is 80.9 Å². The standard InChI is InChI=1S/C25H28FN3O2S/c1-16-5-8-19-12-20(24(30)28-23(19)17(16)2)15-29(14-18-6-9-21(26)10-7-18)25(32)27-13-22-4-3-11-31-22/h5-10,12,22H,3-4,11,13-15H2,1-2H3,(H,27,32)(H,28,30). The summed E-state index contributed by atoms with van der Waals surface area (Å²) in [6.45, 7) is 6.26. The molecule has 0 saturated carbocycles. The topological polar surface area (TPSA) is 57.4 Å². The Morgan fingerprint density at radius 2 is 2.00 bits per heavy atom. The Morgan fingerprint density at radius 1 is 1.22 bits per heavy atom. The van der Waals surface area contributed by atoms with Gasteiger partial charge in [-0.05, 0) is 79.2 Å². The number of hydrogen-bond donors (Lipinski definition) is 2. The van der Waals surface area contributed by atoms with Gasteiger partial charge in [-0.1, -0.05) is 24.3 Å². The van der Waals surface area contributed by atoms with Gasteiger partial charge in [0.25, 0.3) is 5.56 Å². The second-order valence-electron chi connectivity index (χ2n) is 8.40. The fraction of sp³-hybridized carbons (Fsp3) is 0.360. The molecule has 3 aromatic rings. The van der Waals surface area contributed by atoms with Crippen LogP contribution in [0, 0.1) is 19.7 Å². The number of hydrogen-bond acceptors (Lipinski definition) is 3. The van der Waals surface area contributed by atoms with E-state index < -0.39 is 0 Å². The fourth-order valence-corrected chi connectivity index (χ4v) is 4.23. The van der Waals surface area contributed by atoms with Crippen molar-refractivity contribution >= 4 is 28.2 Å². The molecule has 32 heavy (non-hydrogen) atoms. The van der Waals surface area contributed by atoms with E-state index in [9.17, 15) is 9.18 Å². The highest BCUT2D eigenvalue weighted by atomic mass is 32.1. The summed E-state index contributed by atoms with van der Waals surface area (Å²) in [6, 6.07) is 12.4. The summed E-state index contributed by atoms with van der Waals surface area (Å²) in [7, 11) is 0. The average Bonchev–Trinajstić information content (AvgIpc) is 3.30. The van der Waals surface area contributed by atoms with Crippen LogP contribution in [-0.4, -0.2) is 34.3 Å². The van der Waals surface area contributed by atoms with Gasteiger partial charge in [-0.3, -0.25) is 4.79 Å². The number of halogens is 1. The second-order valence-corrected chi connectivity index (χ2v) is 8.79. The van der Waals surface area contributed by atoms with Crippen LogP contribution in [0.3, 0.4) is 0 Å². The maximum absolute atomic E-state index is 13.4. The maximum atomic E-state index is 13.4. The number of benzene rings is 2. The number of nitrogens with one attached hydrogen (secondary N) is 2. The summed E-state index contributed by atoms with van der Waals surface area (Å²) < 4.78 is 19.1. The minimum atomic E-state index is -0.281. The molecular weight excluding hydrogens is 425 g/mol. The SMILES string of the molecule is Cc1ccc2cc(CN(Cc3ccc(F)cc3)C(=S)NCC3CCCO3)c(=O)[nH]c2c1C. The van der Waals surface area contributed by atoms with Crippen molar-refractivity contribution < 1.29 is 9.13 Å². The molecule has 1 saturated heterocycles. The van der Waals surface area contributed by atoms with Crippen LogP contribution < -0.4 is 10.9 Å². The molecule has 0 bridgehead atoms. The first-order valence-electron chi connectivity index (χ1n) is 10.9. The van der Waals surface area contributed by atoms with E-state index in [0.717, 1.165) is 47.0 Å². The quantitative estimate of drug-likeness (QED) is 0.544. The van der Waals surface area contributed by atoms with Gasteiger partial charge in [-0.25, -0.2) is 4.39 Å². The molecule has 2 N–H and O–H groups in total. The molecule has 1 unspecified atom stereocenters. The molecular formula is C25H28FN3O2S. The van der Waals surface area contributed by atoms with Crippen molar-refractivity contribution in [2.24, 2.45) is 0 Å². The first kappa shape index (κ1) is 22.4. The molecule has 2 aromatic carbocycles. The first-order valence-corrected chi connectivity index (χ1v) is 11.3. The Kier molecular flexibility index (Phi) is 6.86. The van der Waals surface area contributed by atoms with Crippen LogP contribution in [0.2, 0.25) is 0 Å². The monoisotopic (exact) mass is 453 g/mol. The van der Waals surface area contributed by atoms with E-state index in [2.05, 4.69) is 16.4 Å². The summed E-state index contributed by atoms with van der Waals surface area (Å²) in [6.07, 6.45) is 2.22. The zero-order valence-electron chi connectivity index (χ0n) is 18.4. The number of H-pyrrole nitrogens is 1. The lowest BCUT2D eigenvalue weighted by atomic mass is 10.0. The van der Waals surface area contributed by atoms with Gasteiger partial charge in [0.05, 0.1) is 18.2 Å². The van der Waals surface area contributed by atoms with Gasteiger partial charge in [-0.2, -0.15) is 0 Å². The van der Waals surface area contributed by atoms with Gasteiger partial charge in [0.2, 0.25) is 0 Å². The fourth-order valence-electron chi connectivity index (χ4n) is 4.02. The van der Waals surface area contributed by atoms with Crippen LogP contribution in [0.15, 0.2) is 47.3 Å². The number of aromatic nitrogens is 1. The number of aromatic amines is 1. The van der Waals surface area contributed by atoms with E-state index in [1.54, 1.807) is 12.1 Å². The van der Waals surface area contributed by atoms with Gasteiger partial charge in [-0.15, -0.1) is 0 Å². The summed E-state index contributed by atoms with van der Waals surface area (Å²) >= 11 is 5.68. The average molecular weight is 454 g/mol. The summed E-state index contributed by atoms with van der Waals surface area (Å²) in [4.78, 5) is 17.9. The van der Waals surface area contributed by atoms with Gasteiger partial charge >= 0.3 is 0 Å². The molecule has 0 amide bonds. The Labute approximate surface area is 192 Å². The largest absolute Gasteiger partial charge is 0.376 e. The molecule has 0 aliphatic carbocycles. The number of pyridine rings is 1. The molecule has 5 nitrogen and oxygen atoms in total. The lowest BCUT2D eigenvalue weighted by Gasteiger charge is -2.27. The predicted molar refractivity (Wildman–Crippen MR) is 129 cm³/mol. The van der Waals surface area contributed by atoms with Gasteiger partial charge in [0.15, 0.2) is 5.11 Å². The smallest absolute Gasteiger partial charge is 0.253 e. The van der Waals surface area contributed by atoms with Crippen molar-refractivity contribution in [1.29, 1.82) is 0 Å². The molecule has 4 rings (SSSR count). The molecule has 168 valence electrons. The van der Waals surface area contributed by atoms with E-state index in [1.165, 1.54) is 12.1 Å². The highest BCUT2D eigenvalue weighted by molar-refractivity contribution is 7.80. The third kappa shape index (κ3) is 5.16. The van der Waals surface area contributed by atoms with Crippen LogP contribution in [0.1, 0.15) is 35.1 Å². The number of aryl methyl sites for hydroxylation is 2. The van der Waals surface area contributed by atoms with Crippen molar-refractivity contribution in [1.82, 2.24) is 15.2 Å². The molecule has 1 atom stereocenters. The lowest BCUT2D eigenvalue weighted by Crippen LogP contribution is -2.42. The Balaban J connectivity index is 1.59. The van der Waals surface area contributed by atoms with E-state index in [0.29, 0.717) is 30.3 Å². The molecule has 1 aliphatic heterocycles. The van der Waals surface area contributed by atoms with Gasteiger partial charge < -0.3 is 19.9 Å². The van der Waals surface area contributed by atoms with Gasteiger partial charge in [0, 0.05) is 25.3 Å². The Morgan fingerprint density at radius 3 is 2.72 bits per heavy atom. The minimum absolute atomic E-state index is 0.128. The highest BCUT2D eigenvalue weighted by Crippen LogP contribution is 2.20. The number of rotatable bonds is 6. The molecule has 1 fully saturated rings. The molecule has 0 spiro atoms. The normalized spacial score (nSPS) is 15.8.